The number of carbonyl (C=O) groups is 1. The maximum atomic E-state index is 12.8. The van der Waals surface area contributed by atoms with Crippen LogP contribution in [0.1, 0.15) is 12.0 Å². The third kappa shape index (κ3) is 3.22. The van der Waals surface area contributed by atoms with Crippen LogP contribution in [0.2, 0.25) is 0 Å². The third-order valence-electron chi connectivity index (χ3n) is 3.37. The lowest BCUT2D eigenvalue weighted by molar-refractivity contribution is -0.154. The number of ether oxygens (including phenoxy) is 1. The van der Waals surface area contributed by atoms with Crippen molar-refractivity contribution in [2.24, 2.45) is 0 Å². The predicted octanol–water partition coefficient (Wildman–Crippen LogP) is 2.81. The van der Waals surface area contributed by atoms with Gasteiger partial charge in [-0.05, 0) is 5.56 Å². The smallest absolute Gasteiger partial charge is 0.467 e. The molecule has 1 aliphatic rings. The van der Waals surface area contributed by atoms with Gasteiger partial charge in [0.15, 0.2) is 0 Å². The summed E-state index contributed by atoms with van der Waals surface area (Å²) in [4.78, 5) is 12.2. The Kier molecular flexibility index (Phi) is 4.86. The first-order valence-electron chi connectivity index (χ1n) is 6.67. The molecule has 0 amide bonds. The molecule has 0 fully saturated rings. The van der Waals surface area contributed by atoms with Crippen molar-refractivity contribution >= 4 is 21.7 Å². The summed E-state index contributed by atoms with van der Waals surface area (Å²) in [5.41, 5.74) is -7.81. The summed E-state index contributed by atoms with van der Waals surface area (Å²) in [5, 5.41) is 0. The molecule has 2 rings (SSSR count). The zero-order chi connectivity index (χ0) is 18.0. The van der Waals surface area contributed by atoms with Crippen molar-refractivity contribution in [2.45, 2.75) is 17.5 Å². The van der Waals surface area contributed by atoms with Crippen LogP contribution in [-0.2, 0) is 23.8 Å². The van der Waals surface area contributed by atoms with Crippen LogP contribution in [0.15, 0.2) is 48.6 Å². The quantitative estimate of drug-likeness (QED) is 0.468. The Morgan fingerprint density at radius 1 is 1.21 bits per heavy atom. The van der Waals surface area contributed by atoms with Gasteiger partial charge in [0.1, 0.15) is 0 Å². The topological polar surface area (TPSA) is 69.7 Å². The number of alkyl halides is 3. The second-order valence-corrected chi connectivity index (χ2v) is 6.42. The summed E-state index contributed by atoms with van der Waals surface area (Å²) in [6, 6.07) is 7.89. The molecule has 0 radical (unpaired) electrons. The number of hydrogen-bond acceptors (Lipinski definition) is 5. The molecule has 0 aromatic heterocycles. The van der Waals surface area contributed by atoms with Crippen LogP contribution < -0.4 is 0 Å². The minimum Gasteiger partial charge on any atom is -0.467 e. The molecule has 1 atom stereocenters. The van der Waals surface area contributed by atoms with E-state index in [1.165, 1.54) is 30.4 Å². The van der Waals surface area contributed by atoms with Crippen LogP contribution in [0.3, 0.4) is 0 Å². The van der Waals surface area contributed by atoms with Crippen molar-refractivity contribution in [1.82, 2.24) is 0 Å². The molecular formula is C15H13F3O5S. The molecule has 0 saturated carbocycles. The van der Waals surface area contributed by atoms with Crippen molar-refractivity contribution < 1.29 is 35.3 Å². The van der Waals surface area contributed by atoms with Gasteiger partial charge in [-0.1, -0.05) is 48.6 Å². The van der Waals surface area contributed by atoms with E-state index < -0.39 is 33.6 Å². The van der Waals surface area contributed by atoms with E-state index in [4.69, 9.17) is 0 Å². The summed E-state index contributed by atoms with van der Waals surface area (Å²) in [7, 11) is -5.09. The van der Waals surface area contributed by atoms with E-state index in [-0.39, 0.29) is 5.57 Å². The van der Waals surface area contributed by atoms with Gasteiger partial charge in [-0.25, -0.2) is 8.98 Å². The Balaban J connectivity index is 2.62. The Labute approximate surface area is 136 Å². The van der Waals surface area contributed by atoms with Crippen molar-refractivity contribution in [3.8, 4) is 0 Å². The SMILES string of the molecule is COC(=O)C1(OS(=O)(=O)C(F)(F)F)CC=CC=C1c1ccccc1. The number of hydrogen-bond donors (Lipinski definition) is 0. The molecule has 0 saturated heterocycles. The first-order chi connectivity index (χ1) is 11.1. The van der Waals surface area contributed by atoms with Crippen molar-refractivity contribution in [2.75, 3.05) is 7.11 Å². The lowest BCUT2D eigenvalue weighted by Crippen LogP contribution is -2.48. The van der Waals surface area contributed by atoms with Crippen LogP contribution in [0.4, 0.5) is 13.2 Å². The fourth-order valence-corrected chi connectivity index (χ4v) is 2.99. The summed E-state index contributed by atoms with van der Waals surface area (Å²) in [6.07, 6.45) is 3.72. The normalized spacial score (nSPS) is 21.2. The van der Waals surface area contributed by atoms with Gasteiger partial charge in [-0.15, -0.1) is 0 Å². The van der Waals surface area contributed by atoms with E-state index in [0.29, 0.717) is 5.56 Å². The first kappa shape index (κ1) is 18.2. The van der Waals surface area contributed by atoms with Gasteiger partial charge >= 0.3 is 21.6 Å². The first-order valence-corrected chi connectivity index (χ1v) is 8.08. The Hall–Kier alpha value is -2.13. The van der Waals surface area contributed by atoms with Gasteiger partial charge in [0.2, 0.25) is 5.60 Å². The molecule has 130 valence electrons. The molecule has 1 aromatic carbocycles. The van der Waals surface area contributed by atoms with Crippen molar-refractivity contribution in [1.29, 1.82) is 0 Å². The Morgan fingerprint density at radius 3 is 2.38 bits per heavy atom. The average Bonchev–Trinajstić information content (AvgIpc) is 2.53. The number of allylic oxidation sites excluding steroid dienone is 2. The molecule has 1 aliphatic carbocycles. The molecule has 5 nitrogen and oxygen atoms in total. The highest BCUT2D eigenvalue weighted by Crippen LogP contribution is 2.41. The highest BCUT2D eigenvalue weighted by atomic mass is 32.2. The molecule has 1 aromatic rings. The van der Waals surface area contributed by atoms with E-state index in [1.54, 1.807) is 18.2 Å². The highest BCUT2D eigenvalue weighted by Gasteiger charge is 2.56. The molecule has 0 bridgehead atoms. The number of rotatable bonds is 4. The summed E-state index contributed by atoms with van der Waals surface area (Å²) in [5.74, 6) is -1.24. The molecule has 0 heterocycles. The zero-order valence-corrected chi connectivity index (χ0v) is 13.2. The van der Waals surface area contributed by atoms with Crippen molar-refractivity contribution in [3.05, 3.63) is 54.1 Å². The zero-order valence-electron chi connectivity index (χ0n) is 12.4. The van der Waals surface area contributed by atoms with Gasteiger partial charge in [0.25, 0.3) is 0 Å². The average molecular weight is 362 g/mol. The Morgan fingerprint density at radius 2 is 1.83 bits per heavy atom. The van der Waals surface area contributed by atoms with E-state index >= 15 is 0 Å². The fraction of sp³-hybridized carbons (Fsp3) is 0.267. The summed E-state index contributed by atoms with van der Waals surface area (Å²) in [6.45, 7) is 0. The second-order valence-electron chi connectivity index (χ2n) is 4.88. The standard InChI is InChI=1S/C15H13F3O5S/c1-22-13(19)14(23-24(20,21)15(16,17)18)10-6-5-9-12(14)11-7-3-2-4-8-11/h2-9H,10H2,1H3. The van der Waals surface area contributed by atoms with E-state index in [0.717, 1.165) is 7.11 Å². The van der Waals surface area contributed by atoms with Crippen LogP contribution in [0, 0.1) is 0 Å². The predicted molar refractivity (Wildman–Crippen MR) is 79.0 cm³/mol. The number of methoxy groups -OCH3 is 1. The molecule has 0 spiro atoms. The summed E-state index contributed by atoms with van der Waals surface area (Å²) < 4.78 is 70.2. The molecule has 9 heteroatoms. The highest BCUT2D eigenvalue weighted by molar-refractivity contribution is 7.87. The van der Waals surface area contributed by atoms with Crippen LogP contribution in [0.25, 0.3) is 5.57 Å². The van der Waals surface area contributed by atoms with Crippen LogP contribution in [0.5, 0.6) is 0 Å². The van der Waals surface area contributed by atoms with E-state index in [1.807, 2.05) is 0 Å². The Bertz CT molecular complexity index is 781. The molecule has 1 unspecified atom stereocenters. The maximum absolute atomic E-state index is 12.8. The minimum absolute atomic E-state index is 0.0368. The molecule has 24 heavy (non-hydrogen) atoms. The number of esters is 1. The van der Waals surface area contributed by atoms with Gasteiger partial charge in [0.05, 0.1) is 7.11 Å². The number of halogens is 3. The summed E-state index contributed by atoms with van der Waals surface area (Å²) >= 11 is 0. The van der Waals surface area contributed by atoms with Gasteiger partial charge < -0.3 is 4.74 Å². The maximum Gasteiger partial charge on any atom is 0.523 e. The van der Waals surface area contributed by atoms with Crippen LogP contribution in [-0.4, -0.2) is 32.6 Å². The molecule has 0 N–H and O–H groups in total. The largest absolute Gasteiger partial charge is 0.523 e. The van der Waals surface area contributed by atoms with Crippen LogP contribution >= 0.6 is 0 Å². The third-order valence-corrected chi connectivity index (χ3v) is 4.45. The minimum atomic E-state index is -6.03. The van der Waals surface area contributed by atoms with E-state index in [2.05, 4.69) is 8.92 Å². The van der Waals surface area contributed by atoms with Crippen molar-refractivity contribution in [3.63, 3.8) is 0 Å². The fourth-order valence-electron chi connectivity index (χ4n) is 2.30. The number of benzene rings is 1. The monoisotopic (exact) mass is 362 g/mol. The molecule has 0 aliphatic heterocycles. The van der Waals surface area contributed by atoms with Gasteiger partial charge in [-0.2, -0.15) is 21.6 Å². The van der Waals surface area contributed by atoms with Gasteiger partial charge in [0, 0.05) is 12.0 Å². The van der Waals surface area contributed by atoms with E-state index in [9.17, 15) is 26.4 Å². The molecular weight excluding hydrogens is 349 g/mol. The lowest BCUT2D eigenvalue weighted by atomic mass is 9.82. The van der Waals surface area contributed by atoms with Gasteiger partial charge in [-0.3, -0.25) is 0 Å². The number of carbonyl (C=O) groups excluding carboxylic acids is 1. The second kappa shape index (κ2) is 6.40. The lowest BCUT2D eigenvalue weighted by Gasteiger charge is -2.33.